The van der Waals surface area contributed by atoms with E-state index in [2.05, 4.69) is 4.98 Å². The lowest BCUT2D eigenvalue weighted by Crippen LogP contribution is -2.09. The topological polar surface area (TPSA) is 12.9 Å². The molecule has 0 bridgehead atoms. The minimum Gasteiger partial charge on any atom is -0.249 e. The molecule has 6 heteroatoms. The third kappa shape index (κ3) is 1.50. The molecule has 0 fully saturated rings. The van der Waals surface area contributed by atoms with Crippen LogP contribution in [0.5, 0.6) is 0 Å². The first-order valence-electron chi connectivity index (χ1n) is 2.28. The Balaban J connectivity index is 2.96. The second kappa shape index (κ2) is 2.27. The number of alkyl halides is 3. The first-order chi connectivity index (χ1) is 4.50. The highest BCUT2D eigenvalue weighted by Crippen LogP contribution is 2.29. The number of halogens is 3. The Kier molecular flexibility index (Phi) is 1.72. The number of hydrogen-bond acceptors (Lipinski definition) is 2. The van der Waals surface area contributed by atoms with Crippen molar-refractivity contribution in [2.45, 2.75) is 6.18 Å². The maximum absolute atomic E-state index is 11.7. The summed E-state index contributed by atoms with van der Waals surface area (Å²) in [6.45, 7) is 0. The molecule has 52 valence electrons. The van der Waals surface area contributed by atoms with Crippen molar-refractivity contribution >= 4 is 24.8 Å². The fourth-order valence-electron chi connectivity index (χ4n) is 0.416. The SMILES string of the molecule is [B]c1csc(C(F)(F)F)n1. The number of aromatic nitrogens is 1. The van der Waals surface area contributed by atoms with Gasteiger partial charge in [0.05, 0.1) is 0 Å². The molecular formula is C4HBF3NS. The zero-order chi connectivity index (χ0) is 7.78. The quantitative estimate of drug-likeness (QED) is 0.519. The number of nitrogens with zero attached hydrogens (tertiary/aromatic N) is 1. The Morgan fingerprint density at radius 3 is 2.30 bits per heavy atom. The standard InChI is InChI=1S/C4HBF3NS/c5-2-1-10-3(9-2)4(6,7)8/h1H. The molecule has 0 aromatic carbocycles. The van der Waals surface area contributed by atoms with Crippen LogP contribution in [-0.2, 0) is 6.18 Å². The highest BCUT2D eigenvalue weighted by atomic mass is 32.1. The van der Waals surface area contributed by atoms with Gasteiger partial charge < -0.3 is 0 Å². The summed E-state index contributed by atoms with van der Waals surface area (Å²) < 4.78 is 35.1. The molecule has 0 amide bonds. The molecule has 0 saturated heterocycles. The van der Waals surface area contributed by atoms with E-state index in [4.69, 9.17) is 7.85 Å². The van der Waals surface area contributed by atoms with Gasteiger partial charge in [0.15, 0.2) is 5.01 Å². The van der Waals surface area contributed by atoms with Crippen LogP contribution in [0, 0.1) is 0 Å². The van der Waals surface area contributed by atoms with Gasteiger partial charge >= 0.3 is 6.18 Å². The van der Waals surface area contributed by atoms with Crippen LogP contribution in [0.1, 0.15) is 5.01 Å². The number of hydrogen-bond donors (Lipinski definition) is 0. The second-order valence-electron chi connectivity index (χ2n) is 1.58. The second-order valence-corrected chi connectivity index (χ2v) is 2.43. The molecule has 0 aliphatic rings. The normalized spacial score (nSPS) is 11.9. The van der Waals surface area contributed by atoms with E-state index in [0.29, 0.717) is 11.3 Å². The molecule has 0 spiro atoms. The summed E-state index contributed by atoms with van der Waals surface area (Å²) in [5, 5.41) is 0.257. The monoisotopic (exact) mass is 163 g/mol. The maximum atomic E-state index is 11.7. The summed E-state index contributed by atoms with van der Waals surface area (Å²) in [7, 11) is 4.97. The molecule has 1 aromatic heterocycles. The van der Waals surface area contributed by atoms with E-state index in [9.17, 15) is 13.2 Å². The highest BCUT2D eigenvalue weighted by Gasteiger charge is 2.33. The Morgan fingerprint density at radius 2 is 2.10 bits per heavy atom. The van der Waals surface area contributed by atoms with Gasteiger partial charge in [0.1, 0.15) is 7.85 Å². The minimum atomic E-state index is -4.36. The lowest BCUT2D eigenvalue weighted by molar-refractivity contribution is -0.137. The van der Waals surface area contributed by atoms with Gasteiger partial charge in [-0.25, -0.2) is 4.98 Å². The fraction of sp³-hybridized carbons (Fsp3) is 0.250. The van der Waals surface area contributed by atoms with Crippen LogP contribution in [0.15, 0.2) is 5.38 Å². The molecule has 1 rings (SSSR count). The van der Waals surface area contributed by atoms with Crippen molar-refractivity contribution in [1.82, 2.24) is 4.98 Å². The highest BCUT2D eigenvalue weighted by molar-refractivity contribution is 7.10. The van der Waals surface area contributed by atoms with Crippen LogP contribution >= 0.6 is 11.3 Å². The summed E-state index contributed by atoms with van der Waals surface area (Å²) in [4.78, 5) is 3.05. The van der Waals surface area contributed by atoms with Crippen LogP contribution in [0.2, 0.25) is 0 Å². The van der Waals surface area contributed by atoms with Gasteiger partial charge in [-0.15, -0.1) is 11.3 Å². The molecule has 0 saturated carbocycles. The van der Waals surface area contributed by atoms with Crippen molar-refractivity contribution in [1.29, 1.82) is 0 Å². The molecule has 0 N–H and O–H groups in total. The molecular weight excluding hydrogens is 162 g/mol. The van der Waals surface area contributed by atoms with E-state index in [0.717, 1.165) is 5.38 Å². The van der Waals surface area contributed by atoms with E-state index in [1.54, 1.807) is 0 Å². The smallest absolute Gasteiger partial charge is 0.249 e. The number of rotatable bonds is 0. The molecule has 0 aliphatic heterocycles. The fourth-order valence-corrected chi connectivity index (χ4v) is 0.993. The van der Waals surface area contributed by atoms with Crippen LogP contribution < -0.4 is 5.59 Å². The molecule has 1 aromatic rings. The van der Waals surface area contributed by atoms with E-state index in [-0.39, 0.29) is 5.59 Å². The van der Waals surface area contributed by atoms with Crippen LogP contribution in [0.3, 0.4) is 0 Å². The van der Waals surface area contributed by atoms with Crippen molar-refractivity contribution in [3.05, 3.63) is 10.4 Å². The van der Waals surface area contributed by atoms with E-state index < -0.39 is 11.2 Å². The van der Waals surface area contributed by atoms with Crippen molar-refractivity contribution in [3.8, 4) is 0 Å². The van der Waals surface area contributed by atoms with E-state index in [1.807, 2.05) is 0 Å². The van der Waals surface area contributed by atoms with Crippen molar-refractivity contribution in [3.63, 3.8) is 0 Å². The van der Waals surface area contributed by atoms with Gasteiger partial charge in [-0.2, -0.15) is 13.2 Å². The average Bonchev–Trinajstić information content (AvgIpc) is 2.11. The lowest BCUT2D eigenvalue weighted by Gasteiger charge is -1.98. The lowest BCUT2D eigenvalue weighted by atomic mass is 10.1. The Bertz CT molecular complexity index is 231. The summed E-state index contributed by atoms with van der Waals surface area (Å²) in [5.74, 6) is 0. The molecule has 0 aliphatic carbocycles. The molecule has 10 heavy (non-hydrogen) atoms. The van der Waals surface area contributed by atoms with Gasteiger partial charge in [0.2, 0.25) is 0 Å². The Labute approximate surface area is 60.3 Å². The molecule has 2 radical (unpaired) electrons. The zero-order valence-corrected chi connectivity index (χ0v) is 5.46. The maximum Gasteiger partial charge on any atom is 0.443 e. The average molecular weight is 163 g/mol. The van der Waals surface area contributed by atoms with Gasteiger partial charge in [0.25, 0.3) is 0 Å². The predicted molar refractivity (Wildman–Crippen MR) is 32.5 cm³/mol. The number of thiazole rings is 1. The molecule has 0 unspecified atom stereocenters. The van der Waals surface area contributed by atoms with Crippen LogP contribution in [-0.4, -0.2) is 12.8 Å². The molecule has 1 heterocycles. The first kappa shape index (κ1) is 7.59. The van der Waals surface area contributed by atoms with Crippen LogP contribution in [0.25, 0.3) is 0 Å². The van der Waals surface area contributed by atoms with E-state index in [1.165, 1.54) is 0 Å². The van der Waals surface area contributed by atoms with E-state index >= 15 is 0 Å². The largest absolute Gasteiger partial charge is 0.443 e. The van der Waals surface area contributed by atoms with Crippen molar-refractivity contribution in [2.75, 3.05) is 0 Å². The Morgan fingerprint density at radius 1 is 1.50 bits per heavy atom. The first-order valence-corrected chi connectivity index (χ1v) is 3.16. The summed E-state index contributed by atoms with van der Waals surface area (Å²) in [5.41, 5.74) is -0.0858. The summed E-state index contributed by atoms with van der Waals surface area (Å²) in [6, 6.07) is 0. The minimum absolute atomic E-state index is 0.0858. The van der Waals surface area contributed by atoms with Gasteiger partial charge in [-0.1, -0.05) is 0 Å². The summed E-state index contributed by atoms with van der Waals surface area (Å²) >= 11 is 0.495. The zero-order valence-electron chi connectivity index (χ0n) is 4.64. The predicted octanol–water partition coefficient (Wildman–Crippen LogP) is 0.956. The third-order valence-corrected chi connectivity index (χ3v) is 1.67. The molecule has 0 atom stereocenters. The van der Waals surface area contributed by atoms with Crippen LogP contribution in [0.4, 0.5) is 13.2 Å². The molecule has 1 nitrogen and oxygen atoms in total. The van der Waals surface area contributed by atoms with Gasteiger partial charge in [-0.05, 0) is 5.59 Å². The van der Waals surface area contributed by atoms with Gasteiger partial charge in [-0.3, -0.25) is 0 Å². The van der Waals surface area contributed by atoms with Gasteiger partial charge in [0, 0.05) is 5.38 Å². The van der Waals surface area contributed by atoms with Crippen molar-refractivity contribution in [2.24, 2.45) is 0 Å². The third-order valence-electron chi connectivity index (χ3n) is 0.764. The van der Waals surface area contributed by atoms with Crippen molar-refractivity contribution < 1.29 is 13.2 Å². The Hall–Kier alpha value is -0.515. The summed E-state index contributed by atoms with van der Waals surface area (Å²) in [6.07, 6.45) is -4.36.